The van der Waals surface area contributed by atoms with E-state index in [-0.39, 0.29) is 29.1 Å². The van der Waals surface area contributed by atoms with Crippen molar-refractivity contribution < 1.29 is 22.7 Å². The van der Waals surface area contributed by atoms with E-state index in [1.807, 2.05) is 45.0 Å². The first-order valence-corrected chi connectivity index (χ1v) is 14.4. The number of nitrogens with zero attached hydrogens (tertiary/aromatic N) is 2. The molecule has 2 amide bonds. The molecule has 0 aliphatic heterocycles. The lowest BCUT2D eigenvalue weighted by molar-refractivity contribution is -0.139. The van der Waals surface area contributed by atoms with Gasteiger partial charge in [0, 0.05) is 12.6 Å². The molecule has 8 nitrogen and oxygen atoms in total. The van der Waals surface area contributed by atoms with Gasteiger partial charge in [-0.2, -0.15) is 0 Å². The predicted octanol–water partition coefficient (Wildman–Crippen LogP) is 4.53. The fraction of sp³-hybridized carbons (Fsp3) is 0.333. The highest BCUT2D eigenvalue weighted by Gasteiger charge is 2.33. The number of anilines is 1. The zero-order chi connectivity index (χ0) is 28.6. The van der Waals surface area contributed by atoms with Gasteiger partial charge in [-0.25, -0.2) is 8.42 Å². The maximum Gasteiger partial charge on any atom is 0.264 e. The number of hydrogen-bond donors (Lipinski definition) is 1. The molecule has 0 bridgehead atoms. The van der Waals surface area contributed by atoms with E-state index in [4.69, 9.17) is 4.74 Å². The van der Waals surface area contributed by atoms with Gasteiger partial charge in [0.25, 0.3) is 10.0 Å². The SMILES string of the molecule is CCC(C)NC(=O)C(C)N(Cc1cccc(C)c1)C(=O)CN(c1ccccc1OC)S(=O)(=O)c1ccccc1. The minimum absolute atomic E-state index is 0.0384. The van der Waals surface area contributed by atoms with Gasteiger partial charge in [-0.3, -0.25) is 13.9 Å². The van der Waals surface area contributed by atoms with E-state index in [1.165, 1.54) is 24.1 Å². The van der Waals surface area contributed by atoms with Gasteiger partial charge in [0.05, 0.1) is 17.7 Å². The van der Waals surface area contributed by atoms with Crippen molar-refractivity contribution in [3.63, 3.8) is 0 Å². The highest BCUT2D eigenvalue weighted by Crippen LogP contribution is 2.32. The zero-order valence-corrected chi connectivity index (χ0v) is 23.9. The molecule has 1 N–H and O–H groups in total. The molecule has 0 radical (unpaired) electrons. The van der Waals surface area contributed by atoms with Crippen LogP contribution in [0.5, 0.6) is 5.75 Å². The summed E-state index contributed by atoms with van der Waals surface area (Å²) in [7, 11) is -2.71. The molecule has 0 saturated heterocycles. The van der Waals surface area contributed by atoms with Crippen LogP contribution in [0.1, 0.15) is 38.3 Å². The van der Waals surface area contributed by atoms with Crippen molar-refractivity contribution in [1.29, 1.82) is 0 Å². The number of methoxy groups -OCH3 is 1. The molecule has 39 heavy (non-hydrogen) atoms. The van der Waals surface area contributed by atoms with Crippen LogP contribution in [0.2, 0.25) is 0 Å². The third kappa shape index (κ3) is 7.38. The first kappa shape index (κ1) is 29.7. The number of benzene rings is 3. The lowest BCUT2D eigenvalue weighted by atomic mass is 10.1. The van der Waals surface area contributed by atoms with Gasteiger partial charge in [0.2, 0.25) is 11.8 Å². The summed E-state index contributed by atoms with van der Waals surface area (Å²) >= 11 is 0. The smallest absolute Gasteiger partial charge is 0.264 e. The summed E-state index contributed by atoms with van der Waals surface area (Å²) in [6, 6.07) is 21.3. The predicted molar refractivity (Wildman–Crippen MR) is 153 cm³/mol. The van der Waals surface area contributed by atoms with Gasteiger partial charge in [0.1, 0.15) is 18.3 Å². The fourth-order valence-electron chi connectivity index (χ4n) is 4.12. The van der Waals surface area contributed by atoms with Crippen LogP contribution in [-0.2, 0) is 26.2 Å². The summed E-state index contributed by atoms with van der Waals surface area (Å²) < 4.78 is 34.2. The minimum atomic E-state index is -4.16. The normalized spacial score (nSPS) is 12.7. The Morgan fingerprint density at radius 1 is 0.949 bits per heavy atom. The number of rotatable bonds is 12. The number of hydrogen-bond acceptors (Lipinski definition) is 5. The van der Waals surface area contributed by atoms with E-state index in [2.05, 4.69) is 5.32 Å². The number of carbonyl (C=O) groups is 2. The molecule has 2 atom stereocenters. The highest BCUT2D eigenvalue weighted by molar-refractivity contribution is 7.92. The van der Waals surface area contributed by atoms with Crippen LogP contribution in [0.15, 0.2) is 83.8 Å². The second kappa shape index (κ2) is 13.3. The maximum atomic E-state index is 14.0. The highest BCUT2D eigenvalue weighted by atomic mass is 32.2. The number of carbonyl (C=O) groups excluding carboxylic acids is 2. The summed E-state index contributed by atoms with van der Waals surface area (Å²) in [5.74, 6) is -0.522. The van der Waals surface area contributed by atoms with Crippen molar-refractivity contribution in [3.05, 3.63) is 90.0 Å². The molecule has 2 unspecified atom stereocenters. The molecule has 3 aromatic carbocycles. The Morgan fingerprint density at radius 3 is 2.26 bits per heavy atom. The van der Waals surface area contributed by atoms with Gasteiger partial charge in [-0.1, -0.05) is 67.1 Å². The van der Waals surface area contributed by atoms with Crippen molar-refractivity contribution in [1.82, 2.24) is 10.2 Å². The molecule has 0 heterocycles. The standard InChI is InChI=1S/C30H37N3O5S/c1-6-23(3)31-30(35)24(4)32(20-25-14-12-13-22(2)19-25)29(34)21-33(27-17-10-11-18-28(27)38-5)39(36,37)26-15-8-7-9-16-26/h7-19,23-24H,6,20-21H2,1-5H3,(H,31,35). The summed E-state index contributed by atoms with van der Waals surface area (Å²) in [4.78, 5) is 28.6. The van der Waals surface area contributed by atoms with Crippen molar-refractivity contribution in [2.45, 2.75) is 57.6 Å². The topological polar surface area (TPSA) is 96.0 Å². The van der Waals surface area contributed by atoms with E-state index in [0.717, 1.165) is 21.9 Å². The fourth-order valence-corrected chi connectivity index (χ4v) is 5.57. The Kier molecular flexibility index (Phi) is 10.1. The van der Waals surface area contributed by atoms with E-state index >= 15 is 0 Å². The molecule has 0 aliphatic carbocycles. The Hall–Kier alpha value is -3.85. The molecular weight excluding hydrogens is 514 g/mol. The first-order valence-electron chi connectivity index (χ1n) is 12.9. The lowest BCUT2D eigenvalue weighted by Crippen LogP contribution is -2.52. The van der Waals surface area contributed by atoms with Crippen LogP contribution < -0.4 is 14.4 Å². The number of nitrogens with one attached hydrogen (secondary N) is 1. The molecule has 9 heteroatoms. The van der Waals surface area contributed by atoms with E-state index in [1.54, 1.807) is 49.4 Å². The van der Waals surface area contributed by atoms with Gasteiger partial charge in [-0.05, 0) is 57.0 Å². The third-order valence-corrected chi connectivity index (χ3v) is 8.34. The van der Waals surface area contributed by atoms with E-state index in [9.17, 15) is 18.0 Å². The number of ether oxygens (including phenoxy) is 1. The lowest BCUT2D eigenvalue weighted by Gasteiger charge is -2.32. The van der Waals surface area contributed by atoms with Crippen LogP contribution in [0.3, 0.4) is 0 Å². The van der Waals surface area contributed by atoms with Crippen LogP contribution in [0, 0.1) is 6.92 Å². The largest absolute Gasteiger partial charge is 0.495 e. The molecule has 0 aromatic heterocycles. The van der Waals surface area contributed by atoms with Gasteiger partial charge in [0.15, 0.2) is 0 Å². The molecular formula is C30H37N3O5S. The van der Waals surface area contributed by atoms with Crippen molar-refractivity contribution in [2.75, 3.05) is 18.0 Å². The van der Waals surface area contributed by atoms with E-state index < -0.39 is 28.5 Å². The molecule has 3 aromatic rings. The quantitative estimate of drug-likeness (QED) is 0.357. The number of sulfonamides is 1. The zero-order valence-electron chi connectivity index (χ0n) is 23.1. The molecule has 3 rings (SSSR count). The molecule has 0 spiro atoms. The van der Waals surface area contributed by atoms with E-state index in [0.29, 0.717) is 5.75 Å². The average Bonchev–Trinajstić information content (AvgIpc) is 2.94. The van der Waals surface area contributed by atoms with Gasteiger partial charge in [-0.15, -0.1) is 0 Å². The van der Waals surface area contributed by atoms with Gasteiger partial charge < -0.3 is 15.0 Å². The summed E-state index contributed by atoms with van der Waals surface area (Å²) in [5, 5.41) is 2.94. The Morgan fingerprint density at radius 2 is 1.62 bits per heavy atom. The summed E-state index contributed by atoms with van der Waals surface area (Å²) in [6.07, 6.45) is 0.737. The van der Waals surface area contributed by atoms with Gasteiger partial charge >= 0.3 is 0 Å². The third-order valence-electron chi connectivity index (χ3n) is 6.57. The Labute approximate surface area is 231 Å². The molecule has 0 fully saturated rings. The number of para-hydroxylation sites is 2. The second-order valence-electron chi connectivity index (χ2n) is 9.50. The summed E-state index contributed by atoms with van der Waals surface area (Å²) in [5.41, 5.74) is 2.07. The molecule has 0 aliphatic rings. The maximum absolute atomic E-state index is 14.0. The Balaban J connectivity index is 2.05. The number of amides is 2. The molecule has 0 saturated carbocycles. The van der Waals surface area contributed by atoms with Crippen LogP contribution >= 0.6 is 0 Å². The van der Waals surface area contributed by atoms with Crippen molar-refractivity contribution in [2.24, 2.45) is 0 Å². The van der Waals surface area contributed by atoms with Crippen LogP contribution in [-0.4, -0.2) is 50.9 Å². The second-order valence-corrected chi connectivity index (χ2v) is 11.4. The average molecular weight is 552 g/mol. The summed E-state index contributed by atoms with van der Waals surface area (Å²) in [6.45, 7) is 7.08. The van der Waals surface area contributed by atoms with Crippen LogP contribution in [0.4, 0.5) is 5.69 Å². The Bertz CT molecular complexity index is 1380. The van der Waals surface area contributed by atoms with Crippen molar-refractivity contribution >= 4 is 27.5 Å². The monoisotopic (exact) mass is 551 g/mol. The minimum Gasteiger partial charge on any atom is -0.495 e. The number of aryl methyl sites for hydroxylation is 1. The first-order chi connectivity index (χ1) is 18.6. The van der Waals surface area contributed by atoms with Crippen LogP contribution in [0.25, 0.3) is 0 Å². The van der Waals surface area contributed by atoms with Crippen molar-refractivity contribution in [3.8, 4) is 5.75 Å². The molecule has 208 valence electrons.